The average Bonchev–Trinajstić information content (AvgIpc) is 3.34. The lowest BCUT2D eigenvalue weighted by molar-refractivity contribution is -0.128. The normalized spacial score (nSPS) is 12.1. The number of hydrogen-bond donors (Lipinski definition) is 1. The summed E-state index contributed by atoms with van der Waals surface area (Å²) >= 11 is 1.53. The van der Waals surface area contributed by atoms with Crippen LogP contribution in [0.5, 0.6) is 0 Å². The van der Waals surface area contributed by atoms with Crippen LogP contribution in [0.25, 0.3) is 21.6 Å². The fourth-order valence-electron chi connectivity index (χ4n) is 2.71. The van der Waals surface area contributed by atoms with E-state index in [0.29, 0.717) is 28.8 Å². The van der Waals surface area contributed by atoms with E-state index in [1.165, 1.54) is 18.3 Å². The molecule has 28 heavy (non-hydrogen) atoms. The zero-order chi connectivity index (χ0) is 20.3. The average molecular weight is 398 g/mol. The van der Waals surface area contributed by atoms with Gasteiger partial charge in [0.05, 0.1) is 27.7 Å². The number of nitrogens with zero attached hydrogens (tertiary/aromatic N) is 3. The Bertz CT molecular complexity index is 1010. The number of thiophene rings is 1. The van der Waals surface area contributed by atoms with Gasteiger partial charge >= 0.3 is 5.97 Å². The number of carbonyl (C=O) groups excluding carboxylic acids is 2. The molecule has 0 saturated carbocycles. The van der Waals surface area contributed by atoms with Crippen LogP contribution in [0.1, 0.15) is 37.2 Å². The number of hydrogen-bond acceptors (Lipinski definition) is 6. The molecule has 1 atom stereocenters. The summed E-state index contributed by atoms with van der Waals surface area (Å²) in [7, 11) is 0. The predicted octanol–water partition coefficient (Wildman–Crippen LogP) is 3.59. The fourth-order valence-corrected chi connectivity index (χ4v) is 3.40. The Labute approximate surface area is 167 Å². The molecule has 0 aromatic carbocycles. The molecular weight excluding hydrogens is 376 g/mol. The highest BCUT2D eigenvalue weighted by Crippen LogP contribution is 2.29. The van der Waals surface area contributed by atoms with Crippen molar-refractivity contribution in [2.24, 2.45) is 0 Å². The van der Waals surface area contributed by atoms with Gasteiger partial charge in [-0.05, 0) is 38.3 Å². The number of carbonyl (C=O) groups is 2. The van der Waals surface area contributed by atoms with Crippen molar-refractivity contribution >= 4 is 34.2 Å². The van der Waals surface area contributed by atoms with Crippen molar-refractivity contribution < 1.29 is 14.3 Å². The van der Waals surface area contributed by atoms with Gasteiger partial charge in [-0.25, -0.2) is 14.5 Å². The van der Waals surface area contributed by atoms with Crippen LogP contribution in [0.2, 0.25) is 0 Å². The second-order valence-corrected chi connectivity index (χ2v) is 7.48. The minimum atomic E-state index is -0.930. The van der Waals surface area contributed by atoms with Crippen LogP contribution < -0.4 is 5.32 Å². The Morgan fingerprint density at radius 2 is 2.18 bits per heavy atom. The molecule has 0 bridgehead atoms. The maximum Gasteiger partial charge on any atom is 0.339 e. The quantitative estimate of drug-likeness (QED) is 0.486. The van der Waals surface area contributed by atoms with Gasteiger partial charge in [0.15, 0.2) is 11.8 Å². The number of aromatic nitrogens is 3. The van der Waals surface area contributed by atoms with E-state index in [1.807, 2.05) is 31.4 Å². The number of amides is 1. The molecule has 7 nitrogen and oxygen atoms in total. The van der Waals surface area contributed by atoms with E-state index in [9.17, 15) is 9.59 Å². The van der Waals surface area contributed by atoms with Crippen molar-refractivity contribution in [2.75, 3.05) is 6.54 Å². The Morgan fingerprint density at radius 1 is 1.39 bits per heavy atom. The maximum atomic E-state index is 12.9. The van der Waals surface area contributed by atoms with Crippen molar-refractivity contribution in [3.63, 3.8) is 0 Å². The molecular formula is C20H22N4O3S. The van der Waals surface area contributed by atoms with Gasteiger partial charge in [0.1, 0.15) is 0 Å². The monoisotopic (exact) mass is 398 g/mol. The first-order valence-corrected chi connectivity index (χ1v) is 9.82. The van der Waals surface area contributed by atoms with Gasteiger partial charge < -0.3 is 10.1 Å². The van der Waals surface area contributed by atoms with Crippen LogP contribution in [0, 0.1) is 0 Å². The zero-order valence-corrected chi connectivity index (χ0v) is 16.8. The highest BCUT2D eigenvalue weighted by Gasteiger charge is 2.23. The first-order chi connectivity index (χ1) is 13.4. The summed E-state index contributed by atoms with van der Waals surface area (Å²) in [5, 5.41) is 9.54. The van der Waals surface area contributed by atoms with Crippen molar-refractivity contribution in [3.8, 4) is 10.6 Å². The second-order valence-electron chi connectivity index (χ2n) is 6.53. The fraction of sp³-hybridized carbons (Fsp3) is 0.300. The summed E-state index contributed by atoms with van der Waals surface area (Å²) in [5.41, 5.74) is 1.61. The molecule has 0 aliphatic carbocycles. The van der Waals surface area contributed by atoms with Gasteiger partial charge in [-0.15, -0.1) is 17.9 Å². The molecule has 8 heteroatoms. The van der Waals surface area contributed by atoms with E-state index >= 15 is 0 Å². The summed E-state index contributed by atoms with van der Waals surface area (Å²) in [6.45, 7) is 9.38. The number of ether oxygens (including phenoxy) is 1. The molecule has 0 fully saturated rings. The number of esters is 1. The number of pyridine rings is 1. The van der Waals surface area contributed by atoms with E-state index in [-0.39, 0.29) is 11.9 Å². The molecule has 0 radical (unpaired) electrons. The predicted molar refractivity (Wildman–Crippen MR) is 109 cm³/mol. The van der Waals surface area contributed by atoms with E-state index in [4.69, 9.17) is 9.72 Å². The summed E-state index contributed by atoms with van der Waals surface area (Å²) in [6, 6.07) is 5.64. The lowest BCUT2D eigenvalue weighted by atomic mass is 10.1. The molecule has 1 N–H and O–H groups in total. The summed E-state index contributed by atoms with van der Waals surface area (Å²) in [4.78, 5) is 30.5. The lowest BCUT2D eigenvalue weighted by Gasteiger charge is -2.14. The Hall–Kier alpha value is -3.00. The van der Waals surface area contributed by atoms with Crippen LogP contribution in [0.4, 0.5) is 0 Å². The van der Waals surface area contributed by atoms with Gasteiger partial charge in [0.25, 0.3) is 5.91 Å². The van der Waals surface area contributed by atoms with Crippen molar-refractivity contribution in [3.05, 3.63) is 48.0 Å². The Balaban J connectivity index is 2.00. The molecule has 3 aromatic rings. The molecule has 0 aliphatic rings. The van der Waals surface area contributed by atoms with Crippen LogP contribution in [0.15, 0.2) is 42.4 Å². The third-order valence-corrected chi connectivity index (χ3v) is 5.02. The minimum Gasteiger partial charge on any atom is -0.449 e. The van der Waals surface area contributed by atoms with E-state index in [2.05, 4.69) is 17.0 Å². The smallest absolute Gasteiger partial charge is 0.339 e. The van der Waals surface area contributed by atoms with Gasteiger partial charge in [-0.1, -0.05) is 12.1 Å². The molecule has 0 saturated heterocycles. The highest BCUT2D eigenvalue weighted by molar-refractivity contribution is 7.13. The zero-order valence-electron chi connectivity index (χ0n) is 16.0. The molecule has 0 aliphatic heterocycles. The lowest BCUT2D eigenvalue weighted by Crippen LogP contribution is -2.35. The van der Waals surface area contributed by atoms with Crippen LogP contribution in [-0.4, -0.2) is 39.3 Å². The molecule has 3 rings (SSSR count). The number of rotatable bonds is 7. The minimum absolute atomic E-state index is 0.0797. The Morgan fingerprint density at radius 3 is 2.82 bits per heavy atom. The Kier molecular flexibility index (Phi) is 5.89. The van der Waals surface area contributed by atoms with E-state index in [0.717, 1.165) is 4.88 Å². The van der Waals surface area contributed by atoms with Gasteiger partial charge in [0.2, 0.25) is 0 Å². The SMILES string of the molecule is C=CCNC(=O)[C@H](C)OC(=O)c1cc(-c2cccs2)nc2c1cnn2C(C)C. The molecule has 3 aromatic heterocycles. The summed E-state index contributed by atoms with van der Waals surface area (Å²) in [6.07, 6.45) is 2.24. The molecule has 3 heterocycles. The number of fused-ring (bicyclic) bond motifs is 1. The van der Waals surface area contributed by atoms with Gasteiger partial charge in [-0.2, -0.15) is 5.10 Å². The van der Waals surface area contributed by atoms with E-state index in [1.54, 1.807) is 23.0 Å². The first kappa shape index (κ1) is 19.8. The van der Waals surface area contributed by atoms with Gasteiger partial charge in [0, 0.05) is 12.6 Å². The summed E-state index contributed by atoms with van der Waals surface area (Å²) in [5.74, 6) is -0.968. The maximum absolute atomic E-state index is 12.9. The molecule has 0 unspecified atom stereocenters. The third kappa shape index (κ3) is 3.96. The van der Waals surface area contributed by atoms with Crippen LogP contribution >= 0.6 is 11.3 Å². The van der Waals surface area contributed by atoms with E-state index < -0.39 is 12.1 Å². The summed E-state index contributed by atoms with van der Waals surface area (Å²) < 4.78 is 7.17. The van der Waals surface area contributed by atoms with Crippen LogP contribution in [-0.2, 0) is 9.53 Å². The largest absolute Gasteiger partial charge is 0.449 e. The first-order valence-electron chi connectivity index (χ1n) is 8.94. The van der Waals surface area contributed by atoms with Crippen molar-refractivity contribution in [2.45, 2.75) is 32.9 Å². The number of nitrogens with one attached hydrogen (secondary N) is 1. The van der Waals surface area contributed by atoms with Crippen molar-refractivity contribution in [1.29, 1.82) is 0 Å². The molecule has 1 amide bonds. The van der Waals surface area contributed by atoms with Crippen molar-refractivity contribution in [1.82, 2.24) is 20.1 Å². The van der Waals surface area contributed by atoms with Gasteiger partial charge in [-0.3, -0.25) is 4.79 Å². The van der Waals surface area contributed by atoms with Crippen LogP contribution in [0.3, 0.4) is 0 Å². The topological polar surface area (TPSA) is 86.1 Å². The molecule has 146 valence electrons. The third-order valence-electron chi connectivity index (χ3n) is 4.12. The second kappa shape index (κ2) is 8.35. The highest BCUT2D eigenvalue weighted by atomic mass is 32.1. The standard InChI is InChI=1S/C20H22N4O3S/c1-5-8-21-19(25)13(4)27-20(26)14-10-16(17-7-6-9-28-17)23-18-15(14)11-22-24(18)12(2)3/h5-7,9-13H,1,8H2,2-4H3,(H,21,25)/t13-/m0/s1. The molecule has 0 spiro atoms.